The van der Waals surface area contributed by atoms with E-state index in [1.807, 2.05) is 36.0 Å². The van der Waals surface area contributed by atoms with E-state index in [1.54, 1.807) is 12.5 Å². The molecule has 0 aliphatic heterocycles. The third kappa shape index (κ3) is 5.51. The average Bonchev–Trinajstić information content (AvgIpc) is 3.32. The van der Waals surface area contributed by atoms with Crippen LogP contribution in [0.3, 0.4) is 0 Å². The Kier molecular flexibility index (Phi) is 6.47. The Morgan fingerprint density at radius 3 is 2.54 bits per heavy atom. The Labute approximate surface area is 153 Å². The van der Waals surface area contributed by atoms with Gasteiger partial charge in [0.1, 0.15) is 5.76 Å². The van der Waals surface area contributed by atoms with E-state index in [4.69, 9.17) is 4.42 Å². The van der Waals surface area contributed by atoms with E-state index >= 15 is 0 Å². The minimum absolute atomic E-state index is 0.581. The van der Waals surface area contributed by atoms with E-state index in [-0.39, 0.29) is 0 Å². The highest BCUT2D eigenvalue weighted by molar-refractivity contribution is 5.79. The molecule has 2 aromatic heterocycles. The summed E-state index contributed by atoms with van der Waals surface area (Å²) in [5.74, 6) is 1.77. The quantitative estimate of drug-likeness (QED) is 0.483. The van der Waals surface area contributed by atoms with Crippen LogP contribution < -0.4 is 10.6 Å². The van der Waals surface area contributed by atoms with E-state index in [0.717, 1.165) is 43.3 Å². The van der Waals surface area contributed by atoms with Crippen molar-refractivity contribution in [2.45, 2.75) is 19.4 Å². The number of guanidine groups is 1. The number of benzene rings is 1. The predicted molar refractivity (Wildman–Crippen MR) is 103 cm³/mol. The fourth-order valence-electron chi connectivity index (χ4n) is 2.62. The van der Waals surface area contributed by atoms with E-state index in [0.29, 0.717) is 6.54 Å². The van der Waals surface area contributed by atoms with Crippen molar-refractivity contribution >= 4 is 5.96 Å². The lowest BCUT2D eigenvalue weighted by Gasteiger charge is -2.12. The maximum atomic E-state index is 5.38. The molecule has 1 aromatic carbocycles. The highest BCUT2D eigenvalue weighted by Gasteiger charge is 2.03. The normalized spacial score (nSPS) is 11.5. The van der Waals surface area contributed by atoms with Crippen molar-refractivity contribution in [3.8, 4) is 0 Å². The van der Waals surface area contributed by atoms with Crippen molar-refractivity contribution in [2.24, 2.45) is 12.0 Å². The number of furan rings is 1. The molecule has 136 valence electrons. The lowest BCUT2D eigenvalue weighted by atomic mass is 10.1. The summed E-state index contributed by atoms with van der Waals surface area (Å²) in [6.07, 6.45) is 5.26. The zero-order chi connectivity index (χ0) is 18.0. The first kappa shape index (κ1) is 17.8. The van der Waals surface area contributed by atoms with E-state index in [9.17, 15) is 0 Å². The molecule has 6 heteroatoms. The molecule has 3 rings (SSSR count). The summed E-state index contributed by atoms with van der Waals surface area (Å²) in [5.41, 5.74) is 2.38. The van der Waals surface area contributed by atoms with Crippen LogP contribution in [0.5, 0.6) is 0 Å². The van der Waals surface area contributed by atoms with Gasteiger partial charge in [-0.15, -0.1) is 0 Å². The maximum absolute atomic E-state index is 5.38. The molecule has 0 aliphatic carbocycles. The molecule has 6 nitrogen and oxygen atoms in total. The summed E-state index contributed by atoms with van der Waals surface area (Å²) in [7, 11) is 1.93. The number of nitrogens with one attached hydrogen (secondary N) is 2. The summed E-state index contributed by atoms with van der Waals surface area (Å²) in [6, 6.07) is 16.3. The predicted octanol–water partition coefficient (Wildman–Crippen LogP) is 2.53. The number of hydrogen-bond donors (Lipinski definition) is 2. The van der Waals surface area contributed by atoms with Crippen molar-refractivity contribution in [1.29, 1.82) is 0 Å². The fraction of sp³-hybridized carbons (Fsp3) is 0.300. The summed E-state index contributed by atoms with van der Waals surface area (Å²) in [6.45, 7) is 2.16. The number of aliphatic imine (C=N–C) groups is 1. The molecule has 0 atom stereocenters. The van der Waals surface area contributed by atoms with Gasteiger partial charge in [-0.1, -0.05) is 30.3 Å². The van der Waals surface area contributed by atoms with Gasteiger partial charge in [-0.25, -0.2) is 4.99 Å². The Bertz CT molecular complexity index is 793. The molecule has 2 N–H and O–H groups in total. The van der Waals surface area contributed by atoms with Crippen LogP contribution in [0.2, 0.25) is 0 Å². The Morgan fingerprint density at radius 1 is 1.04 bits per heavy atom. The molecule has 0 saturated heterocycles. The van der Waals surface area contributed by atoms with E-state index in [2.05, 4.69) is 45.0 Å². The van der Waals surface area contributed by atoms with Crippen molar-refractivity contribution in [3.63, 3.8) is 0 Å². The van der Waals surface area contributed by atoms with Crippen LogP contribution in [0.15, 0.2) is 70.4 Å². The summed E-state index contributed by atoms with van der Waals surface area (Å²) < 4.78 is 7.22. The van der Waals surface area contributed by atoms with Gasteiger partial charge in [0.2, 0.25) is 0 Å². The summed E-state index contributed by atoms with van der Waals surface area (Å²) in [4.78, 5) is 4.68. The molecule has 26 heavy (non-hydrogen) atoms. The largest absolute Gasteiger partial charge is 0.469 e. The molecule has 0 bridgehead atoms. The second-order valence-electron chi connectivity index (χ2n) is 6.03. The molecule has 0 saturated carbocycles. The monoisotopic (exact) mass is 351 g/mol. The van der Waals surface area contributed by atoms with Crippen molar-refractivity contribution < 1.29 is 4.42 Å². The highest BCUT2D eigenvalue weighted by Crippen LogP contribution is 2.01. The van der Waals surface area contributed by atoms with Crippen LogP contribution in [-0.2, 0) is 26.4 Å². The van der Waals surface area contributed by atoms with Crippen LogP contribution in [0.25, 0.3) is 0 Å². The molecule has 0 amide bonds. The lowest BCUT2D eigenvalue weighted by Crippen LogP contribution is -2.39. The summed E-state index contributed by atoms with van der Waals surface area (Å²) in [5, 5.41) is 11.0. The molecular formula is C20H25N5O. The van der Waals surface area contributed by atoms with Gasteiger partial charge >= 0.3 is 0 Å². The van der Waals surface area contributed by atoms with Gasteiger partial charge in [0.05, 0.1) is 18.5 Å². The van der Waals surface area contributed by atoms with Gasteiger partial charge in [0, 0.05) is 32.8 Å². The van der Waals surface area contributed by atoms with Gasteiger partial charge in [-0.05, 0) is 30.2 Å². The third-order valence-corrected chi connectivity index (χ3v) is 4.11. The van der Waals surface area contributed by atoms with Crippen LogP contribution >= 0.6 is 0 Å². The van der Waals surface area contributed by atoms with Gasteiger partial charge in [-0.3, -0.25) is 4.68 Å². The van der Waals surface area contributed by atoms with Gasteiger partial charge in [0.25, 0.3) is 0 Å². The molecule has 3 aromatic rings. The second-order valence-corrected chi connectivity index (χ2v) is 6.03. The average molecular weight is 351 g/mol. The van der Waals surface area contributed by atoms with Crippen LogP contribution in [0, 0.1) is 0 Å². The van der Waals surface area contributed by atoms with Crippen molar-refractivity contribution in [2.75, 3.05) is 13.1 Å². The van der Waals surface area contributed by atoms with Crippen molar-refractivity contribution in [1.82, 2.24) is 20.4 Å². The number of nitrogens with zero attached hydrogens (tertiary/aromatic N) is 3. The zero-order valence-corrected chi connectivity index (χ0v) is 15.1. The van der Waals surface area contributed by atoms with Crippen molar-refractivity contribution in [3.05, 3.63) is 78.0 Å². The first-order chi connectivity index (χ1) is 12.8. The number of aromatic nitrogens is 2. The first-order valence-electron chi connectivity index (χ1n) is 8.86. The zero-order valence-electron chi connectivity index (χ0n) is 15.1. The molecular weight excluding hydrogens is 326 g/mol. The molecule has 2 heterocycles. The second kappa shape index (κ2) is 9.46. The van der Waals surface area contributed by atoms with E-state index in [1.165, 1.54) is 5.56 Å². The summed E-state index contributed by atoms with van der Waals surface area (Å²) >= 11 is 0. The van der Waals surface area contributed by atoms with Crippen LogP contribution in [0.4, 0.5) is 0 Å². The first-order valence-corrected chi connectivity index (χ1v) is 8.86. The third-order valence-electron chi connectivity index (χ3n) is 4.11. The number of hydrogen-bond acceptors (Lipinski definition) is 3. The van der Waals surface area contributed by atoms with Gasteiger partial charge < -0.3 is 15.1 Å². The topological polar surface area (TPSA) is 67.4 Å². The Hall–Kier alpha value is -3.02. The van der Waals surface area contributed by atoms with Crippen LogP contribution in [0.1, 0.15) is 17.0 Å². The molecule has 0 spiro atoms. The lowest BCUT2D eigenvalue weighted by molar-refractivity contribution is 0.506. The molecule has 0 fully saturated rings. The fourth-order valence-corrected chi connectivity index (χ4v) is 2.62. The Balaban J connectivity index is 1.53. The standard InChI is InChI=1S/C20H25N5O/c1-25-18(10-14-24-25)16-23-20(22-13-11-19-8-5-15-26-19)21-12-9-17-6-3-2-4-7-17/h2-8,10,14-15H,9,11-13,16H2,1H3,(H2,21,22,23). The highest BCUT2D eigenvalue weighted by atomic mass is 16.3. The number of rotatable bonds is 8. The molecule has 0 aliphatic rings. The van der Waals surface area contributed by atoms with E-state index < -0.39 is 0 Å². The van der Waals surface area contributed by atoms with Gasteiger partial charge in [-0.2, -0.15) is 5.10 Å². The number of aryl methyl sites for hydroxylation is 1. The van der Waals surface area contributed by atoms with Gasteiger partial charge in [0.15, 0.2) is 5.96 Å². The minimum Gasteiger partial charge on any atom is -0.469 e. The molecule has 0 unspecified atom stereocenters. The smallest absolute Gasteiger partial charge is 0.191 e. The Morgan fingerprint density at radius 2 is 1.85 bits per heavy atom. The minimum atomic E-state index is 0.581. The maximum Gasteiger partial charge on any atom is 0.191 e. The SMILES string of the molecule is Cn1nccc1CN=C(NCCc1ccccc1)NCCc1ccco1. The van der Waals surface area contributed by atoms with Crippen LogP contribution in [-0.4, -0.2) is 28.8 Å². The molecule has 0 radical (unpaired) electrons.